The van der Waals surface area contributed by atoms with Crippen molar-refractivity contribution in [1.29, 1.82) is 0 Å². The zero-order valence-corrected chi connectivity index (χ0v) is 13.1. The van der Waals surface area contributed by atoms with Crippen molar-refractivity contribution in [1.82, 2.24) is 4.98 Å². The van der Waals surface area contributed by atoms with Crippen LogP contribution in [-0.2, 0) is 33.7 Å². The van der Waals surface area contributed by atoms with E-state index in [2.05, 4.69) is 4.98 Å². The molecule has 0 unspecified atom stereocenters. The highest BCUT2D eigenvalue weighted by Gasteiger charge is 2.08. The summed E-state index contributed by atoms with van der Waals surface area (Å²) >= 11 is 1.66. The third-order valence-corrected chi connectivity index (χ3v) is 4.25. The lowest BCUT2D eigenvalue weighted by molar-refractivity contribution is -0.139. The highest BCUT2D eigenvalue weighted by molar-refractivity contribution is 7.09. The lowest BCUT2D eigenvalue weighted by Gasteiger charge is -2.09. The second kappa shape index (κ2) is 7.90. The molecule has 0 aliphatic heterocycles. The number of carbonyl (C=O) groups is 1. The molecule has 2 aromatic rings. The molecule has 2 rings (SSSR count). The van der Waals surface area contributed by atoms with Crippen molar-refractivity contribution in [3.8, 4) is 0 Å². The first kappa shape index (κ1) is 15.7. The molecule has 0 saturated carbocycles. The van der Waals surface area contributed by atoms with E-state index in [4.69, 9.17) is 9.47 Å². The van der Waals surface area contributed by atoms with Crippen molar-refractivity contribution < 1.29 is 14.3 Å². The fourth-order valence-electron chi connectivity index (χ4n) is 2.01. The van der Waals surface area contributed by atoms with E-state index in [1.54, 1.807) is 11.3 Å². The van der Waals surface area contributed by atoms with Gasteiger partial charge < -0.3 is 9.47 Å². The van der Waals surface area contributed by atoms with Gasteiger partial charge in [-0.15, -0.1) is 11.3 Å². The molecule has 0 bridgehead atoms. The fraction of sp³-hybridized carbons (Fsp3) is 0.375. The molecule has 0 spiro atoms. The molecule has 21 heavy (non-hydrogen) atoms. The molecule has 112 valence electrons. The fourth-order valence-corrected chi connectivity index (χ4v) is 2.77. The number of benzene rings is 1. The Morgan fingerprint density at radius 3 is 2.71 bits per heavy atom. The molecular formula is C16H19NO3S. The Labute approximate surface area is 128 Å². The van der Waals surface area contributed by atoms with E-state index in [0.29, 0.717) is 13.2 Å². The Kier molecular flexibility index (Phi) is 5.90. The van der Waals surface area contributed by atoms with Gasteiger partial charge in [-0.05, 0) is 18.1 Å². The minimum atomic E-state index is -0.234. The summed E-state index contributed by atoms with van der Waals surface area (Å²) in [5.41, 5.74) is 4.92. The van der Waals surface area contributed by atoms with Gasteiger partial charge in [0.1, 0.15) is 0 Å². The molecule has 1 aromatic carbocycles. The van der Waals surface area contributed by atoms with Crippen LogP contribution in [0.1, 0.15) is 21.7 Å². The van der Waals surface area contributed by atoms with Gasteiger partial charge >= 0.3 is 5.97 Å². The first-order valence-electron chi connectivity index (χ1n) is 6.81. The lowest BCUT2D eigenvalue weighted by Crippen LogP contribution is -2.08. The predicted molar refractivity (Wildman–Crippen MR) is 82.4 cm³/mol. The molecule has 0 saturated heterocycles. The quantitative estimate of drug-likeness (QED) is 0.583. The third kappa shape index (κ3) is 4.65. The Hall–Kier alpha value is -1.72. The van der Waals surface area contributed by atoms with Crippen LogP contribution in [0, 0.1) is 6.92 Å². The summed E-state index contributed by atoms with van der Waals surface area (Å²) in [6, 6.07) is 7.79. The van der Waals surface area contributed by atoms with Gasteiger partial charge in [0.15, 0.2) is 0 Å². The zero-order chi connectivity index (χ0) is 15.1. The molecule has 0 fully saturated rings. The molecule has 1 aromatic heterocycles. The van der Waals surface area contributed by atoms with Crippen molar-refractivity contribution in [2.24, 2.45) is 0 Å². The highest BCUT2D eigenvalue weighted by atomic mass is 32.1. The Balaban J connectivity index is 1.85. The number of carbonyl (C=O) groups excluding carboxylic acids is 1. The summed E-state index contributed by atoms with van der Waals surface area (Å²) in [4.78, 5) is 16.9. The van der Waals surface area contributed by atoms with Crippen molar-refractivity contribution in [2.45, 2.75) is 26.4 Å². The number of hydrogen-bond acceptors (Lipinski definition) is 5. The number of methoxy groups -OCH3 is 1. The van der Waals surface area contributed by atoms with Crippen molar-refractivity contribution in [2.75, 3.05) is 13.7 Å². The molecular weight excluding hydrogens is 286 g/mol. The molecule has 0 N–H and O–H groups in total. The van der Waals surface area contributed by atoms with Crippen LogP contribution in [-0.4, -0.2) is 24.7 Å². The van der Waals surface area contributed by atoms with Crippen LogP contribution in [0.5, 0.6) is 0 Å². The molecule has 4 nitrogen and oxygen atoms in total. The van der Waals surface area contributed by atoms with Gasteiger partial charge in [-0.25, -0.2) is 4.98 Å². The first-order valence-corrected chi connectivity index (χ1v) is 7.69. The maximum Gasteiger partial charge on any atom is 0.309 e. The van der Waals surface area contributed by atoms with E-state index in [9.17, 15) is 4.79 Å². The number of aryl methyl sites for hydroxylation is 1. The molecule has 0 aliphatic rings. The number of nitrogens with zero attached hydrogens (tertiary/aromatic N) is 1. The van der Waals surface area contributed by atoms with Crippen molar-refractivity contribution >= 4 is 17.3 Å². The number of esters is 1. The topological polar surface area (TPSA) is 48.4 Å². The number of thiazole rings is 1. The van der Waals surface area contributed by atoms with Crippen LogP contribution < -0.4 is 0 Å². The SMILES string of the molecule is COC(=O)Cc1ccccc1COCCc1scnc1C. The molecule has 0 radical (unpaired) electrons. The summed E-state index contributed by atoms with van der Waals surface area (Å²) in [5, 5.41) is 0. The van der Waals surface area contributed by atoms with E-state index in [-0.39, 0.29) is 12.4 Å². The summed E-state index contributed by atoms with van der Waals surface area (Å²) < 4.78 is 10.4. The van der Waals surface area contributed by atoms with Crippen molar-refractivity contribution in [3.63, 3.8) is 0 Å². The van der Waals surface area contributed by atoms with Gasteiger partial charge in [-0.2, -0.15) is 0 Å². The van der Waals surface area contributed by atoms with Gasteiger partial charge in [0, 0.05) is 11.3 Å². The Morgan fingerprint density at radius 1 is 1.29 bits per heavy atom. The third-order valence-electron chi connectivity index (χ3n) is 3.26. The van der Waals surface area contributed by atoms with Crippen molar-refractivity contribution in [3.05, 3.63) is 51.5 Å². The number of hydrogen-bond donors (Lipinski definition) is 0. The van der Waals surface area contributed by atoms with Crippen LogP contribution >= 0.6 is 11.3 Å². The second-order valence-electron chi connectivity index (χ2n) is 4.69. The lowest BCUT2D eigenvalue weighted by atomic mass is 10.1. The smallest absolute Gasteiger partial charge is 0.309 e. The van der Waals surface area contributed by atoms with E-state index >= 15 is 0 Å². The predicted octanol–water partition coefficient (Wildman–Crippen LogP) is 2.93. The average molecular weight is 305 g/mol. The van der Waals surface area contributed by atoms with E-state index < -0.39 is 0 Å². The number of ether oxygens (including phenoxy) is 2. The summed E-state index contributed by atoms with van der Waals surface area (Å²) in [7, 11) is 1.40. The number of rotatable bonds is 7. The molecule has 1 heterocycles. The van der Waals surface area contributed by atoms with Crippen LogP contribution in [0.2, 0.25) is 0 Å². The van der Waals surface area contributed by atoms with Gasteiger partial charge in [-0.3, -0.25) is 4.79 Å². The minimum Gasteiger partial charge on any atom is -0.469 e. The summed E-state index contributed by atoms with van der Waals surface area (Å²) in [6.45, 7) is 3.16. The normalized spacial score (nSPS) is 10.6. The molecule has 0 amide bonds. The molecule has 0 aliphatic carbocycles. The van der Waals surface area contributed by atoms with Gasteiger partial charge in [0.05, 0.1) is 37.9 Å². The highest BCUT2D eigenvalue weighted by Crippen LogP contribution is 2.14. The largest absolute Gasteiger partial charge is 0.469 e. The Bertz CT molecular complexity index is 595. The van der Waals surface area contributed by atoms with Crippen LogP contribution in [0.15, 0.2) is 29.8 Å². The maximum atomic E-state index is 11.4. The van der Waals surface area contributed by atoms with Gasteiger partial charge in [0.2, 0.25) is 0 Å². The Morgan fingerprint density at radius 2 is 2.05 bits per heavy atom. The summed E-state index contributed by atoms with van der Waals surface area (Å²) in [6.07, 6.45) is 1.15. The monoisotopic (exact) mass is 305 g/mol. The standard InChI is InChI=1S/C16H19NO3S/c1-12-15(21-11-17-12)7-8-20-10-14-6-4-3-5-13(14)9-16(18)19-2/h3-6,11H,7-10H2,1-2H3. The van der Waals surface area contributed by atoms with Crippen LogP contribution in [0.4, 0.5) is 0 Å². The average Bonchev–Trinajstić information content (AvgIpc) is 2.90. The molecule has 5 heteroatoms. The number of aromatic nitrogens is 1. The van der Waals surface area contributed by atoms with E-state index in [1.165, 1.54) is 12.0 Å². The second-order valence-corrected chi connectivity index (χ2v) is 5.62. The minimum absolute atomic E-state index is 0.234. The van der Waals surface area contributed by atoms with Gasteiger partial charge in [-0.1, -0.05) is 24.3 Å². The summed E-state index contributed by atoms with van der Waals surface area (Å²) in [5.74, 6) is -0.234. The molecule has 0 atom stereocenters. The zero-order valence-electron chi connectivity index (χ0n) is 12.3. The maximum absolute atomic E-state index is 11.4. The van der Waals surface area contributed by atoms with Crippen LogP contribution in [0.25, 0.3) is 0 Å². The van der Waals surface area contributed by atoms with Gasteiger partial charge in [0.25, 0.3) is 0 Å². The first-order chi connectivity index (χ1) is 10.2. The van der Waals surface area contributed by atoms with Crippen LogP contribution in [0.3, 0.4) is 0 Å². The van der Waals surface area contributed by atoms with E-state index in [0.717, 1.165) is 23.2 Å². The van der Waals surface area contributed by atoms with E-state index in [1.807, 2.05) is 36.7 Å².